The van der Waals surface area contributed by atoms with Crippen molar-refractivity contribution in [3.63, 3.8) is 0 Å². The first-order valence-corrected chi connectivity index (χ1v) is 7.73. The Hall–Kier alpha value is -2.20. The first kappa shape index (κ1) is 14.7. The Labute approximate surface area is 134 Å². The summed E-state index contributed by atoms with van der Waals surface area (Å²) in [5.41, 5.74) is 8.95. The fourth-order valence-corrected chi connectivity index (χ4v) is 2.73. The summed E-state index contributed by atoms with van der Waals surface area (Å²) >= 11 is 5.87. The molecule has 1 amide bonds. The predicted octanol–water partition coefficient (Wildman–Crippen LogP) is 3.90. The number of hydrogen-bond acceptors (Lipinski definition) is 3. The maximum absolute atomic E-state index is 12.3. The third-order valence-electron chi connectivity index (χ3n) is 3.82. The summed E-state index contributed by atoms with van der Waals surface area (Å²) in [6.07, 6.45) is 2.16. The van der Waals surface area contributed by atoms with Crippen LogP contribution in [0.4, 0.5) is 17.1 Å². The van der Waals surface area contributed by atoms with Crippen molar-refractivity contribution in [2.24, 2.45) is 0 Å². The Balaban J connectivity index is 1.77. The molecule has 3 rings (SSSR count). The van der Waals surface area contributed by atoms with Crippen LogP contribution < -0.4 is 11.1 Å². The number of carbonyl (C=O) groups excluding carboxylic acids is 1. The number of likely N-dealkylation sites (tertiary alicyclic amines) is 1. The van der Waals surface area contributed by atoms with E-state index in [4.69, 9.17) is 17.3 Å². The van der Waals surface area contributed by atoms with Crippen LogP contribution >= 0.6 is 11.6 Å². The van der Waals surface area contributed by atoms with Crippen molar-refractivity contribution in [2.45, 2.75) is 12.8 Å². The molecule has 0 bridgehead atoms. The van der Waals surface area contributed by atoms with Crippen molar-refractivity contribution in [1.29, 1.82) is 0 Å². The van der Waals surface area contributed by atoms with Gasteiger partial charge >= 0.3 is 0 Å². The van der Waals surface area contributed by atoms with Crippen LogP contribution in [0.15, 0.2) is 42.5 Å². The maximum atomic E-state index is 12.3. The zero-order valence-electron chi connectivity index (χ0n) is 12.2. The van der Waals surface area contributed by atoms with Crippen LogP contribution in [0.1, 0.15) is 23.2 Å². The number of rotatable bonds is 3. The number of benzene rings is 2. The summed E-state index contributed by atoms with van der Waals surface area (Å²) in [6.45, 7) is 1.67. The molecule has 4 nitrogen and oxygen atoms in total. The van der Waals surface area contributed by atoms with Crippen molar-refractivity contribution in [2.75, 3.05) is 24.1 Å². The Bertz CT molecular complexity index is 679. The van der Waals surface area contributed by atoms with E-state index in [1.54, 1.807) is 6.07 Å². The molecule has 3 N–H and O–H groups in total. The fourth-order valence-electron chi connectivity index (χ4n) is 2.60. The van der Waals surface area contributed by atoms with Crippen molar-refractivity contribution in [1.82, 2.24) is 4.90 Å². The van der Waals surface area contributed by atoms with Gasteiger partial charge in [0.25, 0.3) is 5.91 Å². The molecule has 1 saturated heterocycles. The second kappa shape index (κ2) is 6.28. The van der Waals surface area contributed by atoms with Gasteiger partial charge < -0.3 is 16.0 Å². The van der Waals surface area contributed by atoms with Gasteiger partial charge in [-0.2, -0.15) is 0 Å². The number of nitrogens with two attached hydrogens (primary N) is 1. The van der Waals surface area contributed by atoms with E-state index in [0.717, 1.165) is 37.3 Å². The van der Waals surface area contributed by atoms with E-state index in [-0.39, 0.29) is 5.91 Å². The standard InChI is InChI=1S/C17H18ClN3O/c18-13-4-6-14(7-5-13)20-16-8-3-12(11-15(16)19)17(22)21-9-1-2-10-21/h3-8,11,20H,1-2,9-10,19H2. The lowest BCUT2D eigenvalue weighted by molar-refractivity contribution is 0.0793. The lowest BCUT2D eigenvalue weighted by Gasteiger charge is -2.16. The molecular formula is C17H18ClN3O. The van der Waals surface area contributed by atoms with E-state index in [9.17, 15) is 4.79 Å². The summed E-state index contributed by atoms with van der Waals surface area (Å²) in [6, 6.07) is 12.8. The van der Waals surface area contributed by atoms with E-state index < -0.39 is 0 Å². The van der Waals surface area contributed by atoms with E-state index in [2.05, 4.69) is 5.32 Å². The van der Waals surface area contributed by atoms with Gasteiger partial charge in [0.1, 0.15) is 0 Å². The molecule has 1 fully saturated rings. The average Bonchev–Trinajstić information content (AvgIpc) is 3.05. The third kappa shape index (κ3) is 3.17. The molecular weight excluding hydrogens is 298 g/mol. The Morgan fingerprint density at radius 1 is 1.09 bits per heavy atom. The molecule has 114 valence electrons. The average molecular weight is 316 g/mol. The summed E-state index contributed by atoms with van der Waals surface area (Å²) in [5.74, 6) is 0.0576. The van der Waals surface area contributed by atoms with Crippen molar-refractivity contribution >= 4 is 34.6 Å². The zero-order valence-corrected chi connectivity index (χ0v) is 12.9. The number of anilines is 3. The molecule has 0 radical (unpaired) electrons. The lowest BCUT2D eigenvalue weighted by atomic mass is 10.1. The van der Waals surface area contributed by atoms with Gasteiger partial charge in [-0.1, -0.05) is 11.6 Å². The molecule has 0 unspecified atom stereocenters. The third-order valence-corrected chi connectivity index (χ3v) is 4.07. The van der Waals surface area contributed by atoms with Crippen LogP contribution in [-0.2, 0) is 0 Å². The minimum absolute atomic E-state index is 0.0576. The summed E-state index contributed by atoms with van der Waals surface area (Å²) in [4.78, 5) is 14.2. The molecule has 0 aromatic heterocycles. The second-order valence-electron chi connectivity index (χ2n) is 5.43. The SMILES string of the molecule is Nc1cc(C(=O)N2CCCC2)ccc1Nc1ccc(Cl)cc1. The van der Waals surface area contributed by atoms with Crippen molar-refractivity contribution in [3.8, 4) is 0 Å². The monoisotopic (exact) mass is 315 g/mol. The van der Waals surface area contributed by atoms with Gasteiger partial charge in [-0.15, -0.1) is 0 Å². The molecule has 1 aliphatic heterocycles. The van der Waals surface area contributed by atoms with Crippen LogP contribution in [0.2, 0.25) is 5.02 Å². The van der Waals surface area contributed by atoms with Gasteiger partial charge in [0.15, 0.2) is 0 Å². The molecule has 22 heavy (non-hydrogen) atoms. The van der Waals surface area contributed by atoms with Gasteiger partial charge in [0.2, 0.25) is 0 Å². The first-order valence-electron chi connectivity index (χ1n) is 7.35. The Morgan fingerprint density at radius 2 is 1.77 bits per heavy atom. The van der Waals surface area contributed by atoms with Gasteiger partial charge in [-0.05, 0) is 55.3 Å². The zero-order chi connectivity index (χ0) is 15.5. The summed E-state index contributed by atoms with van der Waals surface area (Å²) in [7, 11) is 0. The predicted molar refractivity (Wildman–Crippen MR) is 90.7 cm³/mol. The smallest absolute Gasteiger partial charge is 0.253 e. The van der Waals surface area contributed by atoms with Crippen LogP contribution in [0, 0.1) is 0 Å². The maximum Gasteiger partial charge on any atom is 0.253 e. The summed E-state index contributed by atoms with van der Waals surface area (Å²) < 4.78 is 0. The number of carbonyl (C=O) groups is 1. The Morgan fingerprint density at radius 3 is 2.41 bits per heavy atom. The molecule has 1 heterocycles. The van der Waals surface area contributed by atoms with Gasteiger partial charge in [0.05, 0.1) is 11.4 Å². The normalized spacial score (nSPS) is 14.1. The number of nitrogens with zero attached hydrogens (tertiary/aromatic N) is 1. The molecule has 1 aliphatic rings. The van der Waals surface area contributed by atoms with E-state index in [0.29, 0.717) is 16.3 Å². The molecule has 5 heteroatoms. The van der Waals surface area contributed by atoms with Crippen LogP contribution in [0.25, 0.3) is 0 Å². The second-order valence-corrected chi connectivity index (χ2v) is 5.87. The highest BCUT2D eigenvalue weighted by Gasteiger charge is 2.19. The molecule has 2 aromatic carbocycles. The number of hydrogen-bond donors (Lipinski definition) is 2. The quantitative estimate of drug-likeness (QED) is 0.844. The van der Waals surface area contributed by atoms with Crippen molar-refractivity contribution < 1.29 is 4.79 Å². The first-order chi connectivity index (χ1) is 10.6. The van der Waals surface area contributed by atoms with Gasteiger partial charge in [-0.3, -0.25) is 4.79 Å². The summed E-state index contributed by atoms with van der Waals surface area (Å²) in [5, 5.41) is 3.91. The van der Waals surface area contributed by atoms with E-state index in [1.165, 1.54) is 0 Å². The highest BCUT2D eigenvalue weighted by atomic mass is 35.5. The van der Waals surface area contributed by atoms with Gasteiger partial charge in [-0.25, -0.2) is 0 Å². The van der Waals surface area contributed by atoms with Crippen LogP contribution in [0.5, 0.6) is 0 Å². The number of halogens is 1. The number of nitrogens with one attached hydrogen (secondary N) is 1. The van der Waals surface area contributed by atoms with Crippen LogP contribution in [-0.4, -0.2) is 23.9 Å². The Kier molecular flexibility index (Phi) is 4.20. The fraction of sp³-hybridized carbons (Fsp3) is 0.235. The molecule has 0 atom stereocenters. The highest BCUT2D eigenvalue weighted by Crippen LogP contribution is 2.26. The molecule has 2 aromatic rings. The lowest BCUT2D eigenvalue weighted by Crippen LogP contribution is -2.27. The van der Waals surface area contributed by atoms with E-state index in [1.807, 2.05) is 41.3 Å². The molecule has 0 aliphatic carbocycles. The number of amides is 1. The largest absolute Gasteiger partial charge is 0.397 e. The van der Waals surface area contributed by atoms with Crippen molar-refractivity contribution in [3.05, 3.63) is 53.1 Å². The van der Waals surface area contributed by atoms with E-state index >= 15 is 0 Å². The molecule has 0 spiro atoms. The topological polar surface area (TPSA) is 58.4 Å². The van der Waals surface area contributed by atoms with Crippen LogP contribution in [0.3, 0.4) is 0 Å². The highest BCUT2D eigenvalue weighted by molar-refractivity contribution is 6.30. The molecule has 0 saturated carbocycles. The minimum atomic E-state index is 0.0576. The minimum Gasteiger partial charge on any atom is -0.397 e. The number of nitrogen functional groups attached to an aromatic ring is 1. The van der Waals surface area contributed by atoms with Gasteiger partial charge in [0, 0.05) is 29.4 Å².